The van der Waals surface area contributed by atoms with Crippen molar-refractivity contribution in [3.63, 3.8) is 0 Å². The van der Waals surface area contributed by atoms with Gasteiger partial charge in [-0.05, 0) is 19.9 Å². The molecule has 4 nitrogen and oxygen atoms in total. The van der Waals surface area contributed by atoms with E-state index in [-0.39, 0.29) is 25.1 Å². The number of aliphatic hydroxyl groups is 1. The molecule has 0 saturated heterocycles. The summed E-state index contributed by atoms with van der Waals surface area (Å²) in [6.07, 6.45) is 1.72. The van der Waals surface area contributed by atoms with Crippen molar-refractivity contribution in [1.82, 2.24) is 9.88 Å². The molecule has 0 aliphatic rings. The highest BCUT2D eigenvalue weighted by Crippen LogP contribution is 2.18. The lowest BCUT2D eigenvalue weighted by molar-refractivity contribution is 0.0934. The lowest BCUT2D eigenvalue weighted by Gasteiger charge is -2.12. The first kappa shape index (κ1) is 12.1. The third-order valence-corrected chi connectivity index (χ3v) is 2.21. The molecule has 2 N–H and O–H groups in total. The minimum absolute atomic E-state index is 0.0676. The number of hydrogen-bond acceptors (Lipinski definition) is 2. The highest BCUT2D eigenvalue weighted by Gasteiger charge is 2.14. The topological polar surface area (TPSA) is 54.3 Å². The van der Waals surface area contributed by atoms with Crippen LogP contribution in [0.25, 0.3) is 0 Å². The molecule has 0 fully saturated rings. The van der Waals surface area contributed by atoms with Gasteiger partial charge in [0.05, 0.1) is 11.6 Å². The van der Waals surface area contributed by atoms with Gasteiger partial charge in [-0.1, -0.05) is 11.6 Å². The van der Waals surface area contributed by atoms with Gasteiger partial charge in [-0.3, -0.25) is 4.79 Å². The van der Waals surface area contributed by atoms with Crippen molar-refractivity contribution in [2.45, 2.75) is 19.9 Å². The molecule has 5 heteroatoms. The molecule has 0 spiro atoms. The SMILES string of the molecule is CC(C)n1cc(Cl)cc1C(=O)NCCO. The van der Waals surface area contributed by atoms with Gasteiger partial charge in [-0.25, -0.2) is 0 Å². The summed E-state index contributed by atoms with van der Waals surface area (Å²) >= 11 is 5.84. The fourth-order valence-electron chi connectivity index (χ4n) is 1.31. The first-order valence-electron chi connectivity index (χ1n) is 4.82. The molecule has 1 aromatic rings. The van der Waals surface area contributed by atoms with E-state index >= 15 is 0 Å². The van der Waals surface area contributed by atoms with E-state index in [0.29, 0.717) is 10.7 Å². The van der Waals surface area contributed by atoms with Crippen LogP contribution < -0.4 is 5.32 Å². The fraction of sp³-hybridized carbons (Fsp3) is 0.500. The van der Waals surface area contributed by atoms with E-state index in [2.05, 4.69) is 5.32 Å². The van der Waals surface area contributed by atoms with Crippen LogP contribution in [-0.2, 0) is 0 Å². The maximum atomic E-state index is 11.6. The van der Waals surface area contributed by atoms with Crippen LogP contribution in [0.3, 0.4) is 0 Å². The second-order valence-electron chi connectivity index (χ2n) is 3.52. The third kappa shape index (κ3) is 2.97. The monoisotopic (exact) mass is 230 g/mol. The number of carbonyl (C=O) groups is 1. The van der Waals surface area contributed by atoms with Crippen molar-refractivity contribution in [3.8, 4) is 0 Å². The fourth-order valence-corrected chi connectivity index (χ4v) is 1.52. The van der Waals surface area contributed by atoms with Crippen molar-refractivity contribution in [3.05, 3.63) is 23.0 Å². The number of aliphatic hydroxyl groups excluding tert-OH is 1. The highest BCUT2D eigenvalue weighted by molar-refractivity contribution is 6.31. The van der Waals surface area contributed by atoms with Crippen LogP contribution in [0.2, 0.25) is 5.02 Å². The average Bonchev–Trinajstić information content (AvgIpc) is 2.57. The van der Waals surface area contributed by atoms with E-state index in [1.807, 2.05) is 13.8 Å². The molecule has 0 aliphatic heterocycles. The zero-order chi connectivity index (χ0) is 11.4. The molecule has 0 bridgehead atoms. The lowest BCUT2D eigenvalue weighted by atomic mass is 10.3. The molecule has 0 aromatic carbocycles. The molecule has 84 valence electrons. The maximum Gasteiger partial charge on any atom is 0.268 e. The summed E-state index contributed by atoms with van der Waals surface area (Å²) in [4.78, 5) is 11.6. The van der Waals surface area contributed by atoms with Crippen LogP contribution in [0.5, 0.6) is 0 Å². The number of amides is 1. The molecule has 0 radical (unpaired) electrons. The average molecular weight is 231 g/mol. The van der Waals surface area contributed by atoms with Gasteiger partial charge in [0.15, 0.2) is 0 Å². The number of nitrogens with zero attached hydrogens (tertiary/aromatic N) is 1. The lowest BCUT2D eigenvalue weighted by Crippen LogP contribution is -2.28. The Morgan fingerprint density at radius 3 is 2.87 bits per heavy atom. The van der Waals surface area contributed by atoms with Gasteiger partial charge in [-0.15, -0.1) is 0 Å². The molecular formula is C10H15ClN2O2. The van der Waals surface area contributed by atoms with Crippen molar-refractivity contribution >= 4 is 17.5 Å². The molecule has 0 unspecified atom stereocenters. The zero-order valence-corrected chi connectivity index (χ0v) is 9.58. The molecule has 0 saturated carbocycles. The van der Waals surface area contributed by atoms with Crippen LogP contribution in [0, 0.1) is 0 Å². The van der Waals surface area contributed by atoms with E-state index in [9.17, 15) is 4.79 Å². The number of nitrogens with one attached hydrogen (secondary N) is 1. The van der Waals surface area contributed by atoms with Crippen LogP contribution in [-0.4, -0.2) is 28.7 Å². The molecule has 1 amide bonds. The smallest absolute Gasteiger partial charge is 0.268 e. The molecule has 15 heavy (non-hydrogen) atoms. The maximum absolute atomic E-state index is 11.6. The van der Waals surface area contributed by atoms with Crippen molar-refractivity contribution in [2.24, 2.45) is 0 Å². The Hall–Kier alpha value is -1.00. The Morgan fingerprint density at radius 1 is 1.67 bits per heavy atom. The van der Waals surface area contributed by atoms with Crippen LogP contribution in [0.1, 0.15) is 30.4 Å². The van der Waals surface area contributed by atoms with Gasteiger partial charge in [0, 0.05) is 18.8 Å². The summed E-state index contributed by atoms with van der Waals surface area (Å²) in [5.74, 6) is -0.218. The van der Waals surface area contributed by atoms with Crippen molar-refractivity contribution in [2.75, 3.05) is 13.2 Å². The minimum Gasteiger partial charge on any atom is -0.395 e. The molecular weight excluding hydrogens is 216 g/mol. The van der Waals surface area contributed by atoms with Crippen LogP contribution >= 0.6 is 11.6 Å². The first-order chi connectivity index (χ1) is 7.06. The van der Waals surface area contributed by atoms with Gasteiger partial charge >= 0.3 is 0 Å². The summed E-state index contributed by atoms with van der Waals surface area (Å²) < 4.78 is 1.80. The Balaban J connectivity index is 2.87. The van der Waals surface area contributed by atoms with Gasteiger partial charge in [0.2, 0.25) is 0 Å². The zero-order valence-electron chi connectivity index (χ0n) is 8.83. The summed E-state index contributed by atoms with van der Waals surface area (Å²) in [6, 6.07) is 1.79. The first-order valence-corrected chi connectivity index (χ1v) is 5.20. The molecule has 0 atom stereocenters. The number of aromatic nitrogens is 1. The molecule has 0 aliphatic carbocycles. The Morgan fingerprint density at radius 2 is 2.33 bits per heavy atom. The van der Waals surface area contributed by atoms with Crippen LogP contribution in [0.15, 0.2) is 12.3 Å². The van der Waals surface area contributed by atoms with Gasteiger partial charge in [-0.2, -0.15) is 0 Å². The Kier molecular flexibility index (Phi) is 4.17. The minimum atomic E-state index is -0.218. The van der Waals surface area contributed by atoms with E-state index in [1.165, 1.54) is 0 Å². The molecule has 1 heterocycles. The van der Waals surface area contributed by atoms with Crippen molar-refractivity contribution in [1.29, 1.82) is 0 Å². The summed E-state index contributed by atoms with van der Waals surface area (Å²) in [5.41, 5.74) is 0.517. The van der Waals surface area contributed by atoms with Crippen molar-refractivity contribution < 1.29 is 9.90 Å². The van der Waals surface area contributed by atoms with Gasteiger partial charge < -0.3 is 15.0 Å². The number of hydrogen-bond donors (Lipinski definition) is 2. The van der Waals surface area contributed by atoms with E-state index in [4.69, 9.17) is 16.7 Å². The van der Waals surface area contributed by atoms with Gasteiger partial charge in [0.1, 0.15) is 5.69 Å². The highest BCUT2D eigenvalue weighted by atomic mass is 35.5. The van der Waals surface area contributed by atoms with E-state index < -0.39 is 0 Å². The largest absolute Gasteiger partial charge is 0.395 e. The summed E-state index contributed by atoms with van der Waals surface area (Å²) in [7, 11) is 0. The standard InChI is InChI=1S/C10H15ClN2O2/c1-7(2)13-6-8(11)5-9(13)10(15)12-3-4-14/h5-7,14H,3-4H2,1-2H3,(H,12,15). The van der Waals surface area contributed by atoms with Gasteiger partial charge in [0.25, 0.3) is 5.91 Å². The predicted octanol–water partition coefficient (Wildman–Crippen LogP) is 1.44. The van der Waals surface area contributed by atoms with E-state index in [0.717, 1.165) is 0 Å². The van der Waals surface area contributed by atoms with Crippen LogP contribution in [0.4, 0.5) is 0 Å². The normalized spacial score (nSPS) is 10.7. The molecule has 1 aromatic heterocycles. The number of carbonyl (C=O) groups excluding carboxylic acids is 1. The second-order valence-corrected chi connectivity index (χ2v) is 3.96. The predicted molar refractivity (Wildman–Crippen MR) is 59.2 cm³/mol. The third-order valence-electron chi connectivity index (χ3n) is 2.00. The second kappa shape index (κ2) is 5.19. The Labute approximate surface area is 93.8 Å². The summed E-state index contributed by atoms with van der Waals surface area (Å²) in [5, 5.41) is 11.7. The number of rotatable bonds is 4. The summed E-state index contributed by atoms with van der Waals surface area (Å²) in [6.45, 7) is 4.12. The van der Waals surface area contributed by atoms with E-state index in [1.54, 1.807) is 16.8 Å². The quantitative estimate of drug-likeness (QED) is 0.823. The number of halogens is 1. The molecule has 1 rings (SSSR count). The Bertz CT molecular complexity index is 347.